The maximum atomic E-state index is 13.4. The van der Waals surface area contributed by atoms with E-state index in [4.69, 9.17) is 9.15 Å². The molecule has 28 heavy (non-hydrogen) atoms. The van der Waals surface area contributed by atoms with Crippen molar-refractivity contribution in [3.05, 3.63) is 70.6 Å². The second-order valence-electron chi connectivity index (χ2n) is 7.05. The molecule has 146 valence electrons. The Balaban J connectivity index is 1.75. The minimum Gasteiger partial charge on any atom is -0.503 e. The minimum atomic E-state index is -0.838. The lowest BCUT2D eigenvalue weighted by Gasteiger charge is -2.28. The lowest BCUT2D eigenvalue weighted by atomic mass is 9.95. The summed E-state index contributed by atoms with van der Waals surface area (Å²) in [4.78, 5) is 27.3. The van der Waals surface area contributed by atoms with E-state index in [0.29, 0.717) is 17.9 Å². The summed E-state index contributed by atoms with van der Waals surface area (Å²) >= 11 is 0. The first-order valence-corrected chi connectivity index (χ1v) is 9.18. The number of hydrogen-bond donors (Lipinski definition) is 1. The first-order valence-electron chi connectivity index (χ1n) is 9.18. The highest BCUT2D eigenvalue weighted by molar-refractivity contribution is 6.15. The Labute approximate surface area is 161 Å². The SMILES string of the molecule is Cc1ccc(C(=O)C2=C(O)C(=O)N(C[C@H]3CCCO3)[C@H]2c2ccc(F)cc2)o1. The molecular formula is C21H20FNO5. The van der Waals surface area contributed by atoms with Crippen molar-refractivity contribution < 1.29 is 28.2 Å². The Morgan fingerprint density at radius 2 is 2.00 bits per heavy atom. The van der Waals surface area contributed by atoms with Crippen molar-refractivity contribution >= 4 is 11.7 Å². The molecule has 1 fully saturated rings. The summed E-state index contributed by atoms with van der Waals surface area (Å²) < 4.78 is 24.5. The zero-order valence-corrected chi connectivity index (χ0v) is 15.4. The smallest absolute Gasteiger partial charge is 0.290 e. The Morgan fingerprint density at radius 3 is 2.61 bits per heavy atom. The molecule has 2 aliphatic heterocycles. The number of aliphatic hydroxyl groups is 1. The Hall–Kier alpha value is -2.93. The van der Waals surface area contributed by atoms with Crippen LogP contribution in [-0.2, 0) is 9.53 Å². The third-order valence-corrected chi connectivity index (χ3v) is 5.12. The fraction of sp³-hybridized carbons (Fsp3) is 0.333. The van der Waals surface area contributed by atoms with Gasteiger partial charge in [0.05, 0.1) is 17.7 Å². The van der Waals surface area contributed by atoms with Gasteiger partial charge in [0.25, 0.3) is 5.91 Å². The highest BCUT2D eigenvalue weighted by atomic mass is 19.1. The number of benzene rings is 1. The van der Waals surface area contributed by atoms with Gasteiger partial charge in [0.1, 0.15) is 11.6 Å². The van der Waals surface area contributed by atoms with Gasteiger partial charge in [-0.2, -0.15) is 0 Å². The fourth-order valence-corrected chi connectivity index (χ4v) is 3.76. The van der Waals surface area contributed by atoms with Gasteiger partial charge in [-0.05, 0) is 49.6 Å². The third-order valence-electron chi connectivity index (χ3n) is 5.12. The van der Waals surface area contributed by atoms with Crippen LogP contribution in [0.2, 0.25) is 0 Å². The van der Waals surface area contributed by atoms with Crippen molar-refractivity contribution in [2.75, 3.05) is 13.2 Å². The minimum absolute atomic E-state index is 0.0397. The van der Waals surface area contributed by atoms with Crippen molar-refractivity contribution in [2.24, 2.45) is 0 Å². The van der Waals surface area contributed by atoms with Crippen molar-refractivity contribution in [1.29, 1.82) is 0 Å². The van der Waals surface area contributed by atoms with Crippen LogP contribution in [0.15, 0.2) is 52.1 Å². The van der Waals surface area contributed by atoms with Gasteiger partial charge in [-0.3, -0.25) is 9.59 Å². The molecule has 6 nitrogen and oxygen atoms in total. The van der Waals surface area contributed by atoms with Gasteiger partial charge in [0.15, 0.2) is 11.5 Å². The van der Waals surface area contributed by atoms with Crippen molar-refractivity contribution in [2.45, 2.75) is 31.9 Å². The molecule has 0 saturated carbocycles. The number of halogens is 1. The van der Waals surface area contributed by atoms with Crippen molar-refractivity contribution in [1.82, 2.24) is 4.90 Å². The van der Waals surface area contributed by atoms with E-state index in [2.05, 4.69) is 0 Å². The molecule has 2 aliphatic rings. The molecule has 4 rings (SSSR count). The average molecular weight is 385 g/mol. The van der Waals surface area contributed by atoms with E-state index >= 15 is 0 Å². The standard InChI is InChI=1S/C21H20FNO5/c1-12-4-9-16(28-12)19(24)17-18(13-5-7-14(22)8-6-13)23(21(26)20(17)25)11-15-3-2-10-27-15/h4-9,15,18,25H,2-3,10-11H2,1H3/t15-,18+/m1/s1. The third kappa shape index (κ3) is 3.22. The second kappa shape index (κ2) is 7.24. The van der Waals surface area contributed by atoms with Crippen LogP contribution >= 0.6 is 0 Å². The first kappa shape index (κ1) is 18.4. The van der Waals surface area contributed by atoms with Crippen molar-refractivity contribution in [3.8, 4) is 0 Å². The number of rotatable bonds is 5. The van der Waals surface area contributed by atoms with Crippen LogP contribution in [0.25, 0.3) is 0 Å². The molecule has 7 heteroatoms. The lowest BCUT2D eigenvalue weighted by molar-refractivity contribution is -0.131. The van der Waals surface area contributed by atoms with Crippen LogP contribution in [0.4, 0.5) is 4.39 Å². The number of furan rings is 1. The van der Waals surface area contributed by atoms with Crippen LogP contribution in [0.3, 0.4) is 0 Å². The highest BCUT2D eigenvalue weighted by Gasteiger charge is 2.45. The molecule has 0 spiro atoms. The van der Waals surface area contributed by atoms with Gasteiger partial charge >= 0.3 is 0 Å². The number of aryl methyl sites for hydroxylation is 1. The molecule has 0 bridgehead atoms. The zero-order valence-electron chi connectivity index (χ0n) is 15.4. The molecule has 0 aliphatic carbocycles. The van der Waals surface area contributed by atoms with Gasteiger partial charge in [0.2, 0.25) is 5.78 Å². The predicted molar refractivity (Wildman–Crippen MR) is 97.3 cm³/mol. The number of ether oxygens (including phenoxy) is 1. The van der Waals surface area contributed by atoms with Gasteiger partial charge in [-0.1, -0.05) is 12.1 Å². The van der Waals surface area contributed by atoms with Crippen LogP contribution in [0, 0.1) is 12.7 Å². The van der Waals surface area contributed by atoms with E-state index in [1.54, 1.807) is 13.0 Å². The number of hydrogen-bond acceptors (Lipinski definition) is 5. The monoisotopic (exact) mass is 385 g/mol. The average Bonchev–Trinajstić information content (AvgIpc) is 3.40. The molecule has 2 atom stereocenters. The summed E-state index contributed by atoms with van der Waals surface area (Å²) in [5.41, 5.74) is 0.465. The molecule has 0 radical (unpaired) electrons. The number of ketones is 1. The molecule has 1 N–H and O–H groups in total. The lowest BCUT2D eigenvalue weighted by Crippen LogP contribution is -2.37. The van der Waals surface area contributed by atoms with E-state index in [1.807, 2.05) is 0 Å². The second-order valence-corrected chi connectivity index (χ2v) is 7.05. The number of Topliss-reactive ketones (excluding diaryl/α,β-unsaturated/α-hetero) is 1. The largest absolute Gasteiger partial charge is 0.503 e. The van der Waals surface area contributed by atoms with Crippen LogP contribution in [-0.4, -0.2) is 41.0 Å². The highest BCUT2D eigenvalue weighted by Crippen LogP contribution is 2.39. The van der Waals surface area contributed by atoms with Gasteiger partial charge in [0, 0.05) is 13.2 Å². The van der Waals surface area contributed by atoms with Crippen LogP contribution < -0.4 is 0 Å². The van der Waals surface area contributed by atoms with Crippen LogP contribution in [0.1, 0.15) is 40.8 Å². The summed E-state index contributed by atoms with van der Waals surface area (Å²) in [5, 5.41) is 10.5. The first-order chi connectivity index (χ1) is 13.5. The molecule has 1 amide bonds. The van der Waals surface area contributed by atoms with Gasteiger partial charge in [-0.25, -0.2) is 4.39 Å². The normalized spacial score (nSPS) is 22.4. The maximum Gasteiger partial charge on any atom is 0.290 e. The van der Waals surface area contributed by atoms with Gasteiger partial charge < -0.3 is 19.2 Å². The predicted octanol–water partition coefficient (Wildman–Crippen LogP) is 3.48. The summed E-state index contributed by atoms with van der Waals surface area (Å²) in [6.07, 6.45) is 1.52. The fourth-order valence-electron chi connectivity index (χ4n) is 3.76. The topological polar surface area (TPSA) is 80.0 Å². The van der Waals surface area contributed by atoms with E-state index in [0.717, 1.165) is 12.8 Å². The molecule has 3 heterocycles. The number of carbonyl (C=O) groups excluding carboxylic acids is 2. The van der Waals surface area contributed by atoms with E-state index in [9.17, 15) is 19.1 Å². The molecule has 0 unspecified atom stereocenters. The Morgan fingerprint density at radius 1 is 1.25 bits per heavy atom. The Kier molecular flexibility index (Phi) is 4.77. The summed E-state index contributed by atoms with van der Waals surface area (Å²) in [6.45, 7) is 2.55. The van der Waals surface area contributed by atoms with Crippen LogP contribution in [0.5, 0.6) is 0 Å². The quantitative estimate of drug-likeness (QED) is 0.797. The molecular weight excluding hydrogens is 365 g/mol. The van der Waals surface area contributed by atoms with E-state index < -0.39 is 29.3 Å². The molecule has 1 aromatic heterocycles. The van der Waals surface area contributed by atoms with E-state index in [1.165, 1.54) is 35.2 Å². The number of carbonyl (C=O) groups is 2. The van der Waals surface area contributed by atoms with Crippen molar-refractivity contribution in [3.63, 3.8) is 0 Å². The summed E-state index contributed by atoms with van der Waals surface area (Å²) in [5.74, 6) is -1.66. The maximum absolute atomic E-state index is 13.4. The number of aliphatic hydroxyl groups excluding tert-OH is 1. The molecule has 2 aromatic rings. The number of nitrogens with zero attached hydrogens (tertiary/aromatic N) is 1. The summed E-state index contributed by atoms with van der Waals surface area (Å²) in [7, 11) is 0. The van der Waals surface area contributed by atoms with E-state index in [-0.39, 0.29) is 24.0 Å². The molecule has 1 aromatic carbocycles. The Bertz CT molecular complexity index is 940. The zero-order chi connectivity index (χ0) is 19.8. The van der Waals surface area contributed by atoms with Gasteiger partial charge in [-0.15, -0.1) is 0 Å². The summed E-state index contributed by atoms with van der Waals surface area (Å²) in [6, 6.07) is 7.85. The number of amides is 1. The molecule has 1 saturated heterocycles.